The molecule has 0 bridgehead atoms. The van der Waals surface area contributed by atoms with Crippen molar-refractivity contribution in [2.24, 2.45) is 5.92 Å². The summed E-state index contributed by atoms with van der Waals surface area (Å²) in [7, 11) is -2.18. The highest BCUT2D eigenvalue weighted by Gasteiger charge is 2.41. The maximum atomic E-state index is 12.9. The molecule has 8 heteroatoms. The third kappa shape index (κ3) is 11.9. The summed E-state index contributed by atoms with van der Waals surface area (Å²) in [4.78, 5) is 25.4. The van der Waals surface area contributed by atoms with Crippen LogP contribution in [0.15, 0.2) is 30.3 Å². The van der Waals surface area contributed by atoms with Gasteiger partial charge in [0.2, 0.25) is 0 Å². The lowest BCUT2D eigenvalue weighted by Crippen LogP contribution is -2.56. The number of hydrogen-bond acceptors (Lipinski definition) is 6. The van der Waals surface area contributed by atoms with Gasteiger partial charge >= 0.3 is 12.1 Å². The largest absolute Gasteiger partial charge is 0.460 e. The third-order valence-electron chi connectivity index (χ3n) is 7.57. The molecule has 1 aliphatic carbocycles. The standard InChI is InChI=1S/C30H52N2O5Si/c1-29(2,3)36-28(34)32-25(19-23-15-11-9-12-16-23)26(37-38(7,8)30(4,5)6)20-31-21-27(33)35-22-24-17-13-10-14-18-24/h10,13-14,17-18,23,25-26,31H,9,11-12,15-16,19-22H2,1-8H3,(H,32,34)/t25-,26+/m0/s1. The van der Waals surface area contributed by atoms with Crippen LogP contribution < -0.4 is 10.6 Å². The van der Waals surface area contributed by atoms with E-state index in [0.717, 1.165) is 12.0 Å². The Balaban J connectivity index is 2.13. The van der Waals surface area contributed by atoms with Crippen LogP contribution in [-0.2, 0) is 25.3 Å². The van der Waals surface area contributed by atoms with E-state index in [0.29, 0.717) is 12.5 Å². The highest BCUT2D eigenvalue weighted by Crippen LogP contribution is 2.38. The summed E-state index contributed by atoms with van der Waals surface area (Å²) in [6.45, 7) is 17.4. The Morgan fingerprint density at radius 3 is 2.21 bits per heavy atom. The van der Waals surface area contributed by atoms with Gasteiger partial charge in [0.15, 0.2) is 8.32 Å². The lowest BCUT2D eigenvalue weighted by Gasteiger charge is -2.42. The second-order valence-corrected chi connectivity index (χ2v) is 17.9. The molecule has 2 rings (SSSR count). The van der Waals surface area contributed by atoms with E-state index < -0.39 is 20.0 Å². The van der Waals surface area contributed by atoms with Crippen molar-refractivity contribution in [1.82, 2.24) is 10.6 Å². The second-order valence-electron chi connectivity index (χ2n) is 13.2. The Hall–Kier alpha value is -1.90. The van der Waals surface area contributed by atoms with Crippen LogP contribution in [-0.4, -0.2) is 51.2 Å². The quantitative estimate of drug-likeness (QED) is 0.227. The van der Waals surface area contributed by atoms with E-state index in [4.69, 9.17) is 13.9 Å². The molecule has 1 amide bonds. The lowest BCUT2D eigenvalue weighted by molar-refractivity contribution is -0.143. The van der Waals surface area contributed by atoms with Gasteiger partial charge in [-0.1, -0.05) is 83.2 Å². The van der Waals surface area contributed by atoms with Crippen LogP contribution in [0.5, 0.6) is 0 Å². The third-order valence-corrected chi connectivity index (χ3v) is 12.1. The monoisotopic (exact) mass is 548 g/mol. The number of amides is 1. The minimum Gasteiger partial charge on any atom is -0.460 e. The van der Waals surface area contributed by atoms with Crippen LogP contribution >= 0.6 is 0 Å². The fourth-order valence-electron chi connectivity index (χ4n) is 4.47. The fourth-order valence-corrected chi connectivity index (χ4v) is 5.83. The van der Waals surface area contributed by atoms with Gasteiger partial charge in [0.1, 0.15) is 12.2 Å². The van der Waals surface area contributed by atoms with Gasteiger partial charge in [0, 0.05) is 6.54 Å². The number of nitrogens with one attached hydrogen (secondary N) is 2. The number of rotatable bonds is 12. The highest BCUT2D eigenvalue weighted by atomic mass is 28.4. The van der Waals surface area contributed by atoms with E-state index in [-0.39, 0.29) is 36.3 Å². The summed E-state index contributed by atoms with van der Waals surface area (Å²) < 4.78 is 18.0. The van der Waals surface area contributed by atoms with Gasteiger partial charge < -0.3 is 24.5 Å². The molecule has 0 aliphatic heterocycles. The first-order chi connectivity index (χ1) is 17.7. The number of carbonyl (C=O) groups is 2. The van der Waals surface area contributed by atoms with Crippen LogP contribution in [0.25, 0.3) is 0 Å². The molecule has 0 spiro atoms. The molecule has 0 unspecified atom stereocenters. The molecule has 1 aromatic rings. The molecule has 1 saturated carbocycles. The Morgan fingerprint density at radius 1 is 1.00 bits per heavy atom. The zero-order chi connectivity index (χ0) is 28.4. The summed E-state index contributed by atoms with van der Waals surface area (Å²) in [6.07, 6.45) is 6.16. The predicted molar refractivity (Wildman–Crippen MR) is 156 cm³/mol. The summed E-state index contributed by atoms with van der Waals surface area (Å²) in [6, 6.07) is 9.42. The Morgan fingerprint density at radius 2 is 1.63 bits per heavy atom. The summed E-state index contributed by atoms with van der Waals surface area (Å²) in [5, 5.41) is 6.43. The molecule has 0 radical (unpaired) electrons. The fraction of sp³-hybridized carbons (Fsp3) is 0.733. The smallest absolute Gasteiger partial charge is 0.407 e. The van der Waals surface area contributed by atoms with E-state index in [1.807, 2.05) is 51.1 Å². The van der Waals surface area contributed by atoms with Crippen molar-refractivity contribution < 1.29 is 23.5 Å². The van der Waals surface area contributed by atoms with Crippen LogP contribution in [0.4, 0.5) is 4.79 Å². The van der Waals surface area contributed by atoms with Crippen molar-refractivity contribution >= 4 is 20.4 Å². The zero-order valence-electron chi connectivity index (χ0n) is 25.0. The molecule has 2 atom stereocenters. The van der Waals surface area contributed by atoms with Crippen molar-refractivity contribution in [3.8, 4) is 0 Å². The second kappa shape index (κ2) is 14.5. The van der Waals surface area contributed by atoms with Gasteiger partial charge in [-0.2, -0.15) is 0 Å². The first kappa shape index (κ1) is 32.3. The molecule has 1 fully saturated rings. The molecule has 1 aliphatic rings. The van der Waals surface area contributed by atoms with Crippen molar-refractivity contribution in [2.75, 3.05) is 13.1 Å². The van der Waals surface area contributed by atoms with Gasteiger partial charge in [-0.15, -0.1) is 0 Å². The highest BCUT2D eigenvalue weighted by molar-refractivity contribution is 6.74. The van der Waals surface area contributed by atoms with Gasteiger partial charge in [-0.05, 0) is 56.8 Å². The molecule has 38 heavy (non-hydrogen) atoms. The number of carbonyl (C=O) groups excluding carboxylic acids is 2. The van der Waals surface area contributed by atoms with Gasteiger partial charge in [0.25, 0.3) is 0 Å². The Kier molecular flexibility index (Phi) is 12.3. The first-order valence-corrected chi connectivity index (χ1v) is 17.1. The topological polar surface area (TPSA) is 85.9 Å². The SMILES string of the molecule is CC(C)(C)OC(=O)N[C@@H](CC1CCCCC1)[C@@H](CNCC(=O)OCc1ccccc1)O[Si](C)(C)C(C)(C)C. The summed E-state index contributed by atoms with van der Waals surface area (Å²) in [5.41, 5.74) is 0.366. The van der Waals surface area contributed by atoms with E-state index >= 15 is 0 Å². The predicted octanol–water partition coefficient (Wildman–Crippen LogP) is 6.57. The van der Waals surface area contributed by atoms with Gasteiger partial charge in [-0.3, -0.25) is 4.79 Å². The minimum atomic E-state index is -2.18. The molecule has 0 saturated heterocycles. The number of benzene rings is 1. The van der Waals surface area contributed by atoms with E-state index in [9.17, 15) is 9.59 Å². The molecular weight excluding hydrogens is 496 g/mol. The first-order valence-electron chi connectivity index (χ1n) is 14.2. The Labute approximate surface area is 231 Å². The maximum absolute atomic E-state index is 12.9. The minimum absolute atomic E-state index is 0.00116. The number of ether oxygens (including phenoxy) is 2. The molecule has 0 heterocycles. The van der Waals surface area contributed by atoms with Gasteiger partial charge in [0.05, 0.1) is 18.7 Å². The molecule has 216 valence electrons. The summed E-state index contributed by atoms with van der Waals surface area (Å²) >= 11 is 0. The average molecular weight is 549 g/mol. The lowest BCUT2D eigenvalue weighted by atomic mass is 9.83. The molecule has 2 N–H and O–H groups in total. The van der Waals surface area contributed by atoms with Crippen LogP contribution in [0.3, 0.4) is 0 Å². The normalized spacial score (nSPS) is 16.9. The molecule has 7 nitrogen and oxygen atoms in total. The van der Waals surface area contributed by atoms with Gasteiger partial charge in [-0.25, -0.2) is 4.79 Å². The number of hydrogen-bond donors (Lipinski definition) is 2. The van der Waals surface area contributed by atoms with Crippen molar-refractivity contribution in [3.63, 3.8) is 0 Å². The Bertz CT molecular complexity index is 858. The molecular formula is C30H52N2O5Si. The summed E-state index contributed by atoms with van der Waals surface area (Å²) in [5.74, 6) is 0.217. The van der Waals surface area contributed by atoms with Crippen LogP contribution in [0, 0.1) is 5.92 Å². The zero-order valence-corrected chi connectivity index (χ0v) is 26.0. The van der Waals surface area contributed by atoms with Crippen LogP contribution in [0.1, 0.15) is 85.6 Å². The van der Waals surface area contributed by atoms with Crippen molar-refractivity contribution in [3.05, 3.63) is 35.9 Å². The number of alkyl carbamates (subject to hydrolysis) is 1. The van der Waals surface area contributed by atoms with Crippen molar-refractivity contribution in [2.45, 2.75) is 123 Å². The molecule has 0 aromatic heterocycles. The van der Waals surface area contributed by atoms with E-state index in [2.05, 4.69) is 44.5 Å². The van der Waals surface area contributed by atoms with E-state index in [1.165, 1.54) is 32.1 Å². The number of esters is 1. The van der Waals surface area contributed by atoms with Crippen LogP contribution in [0.2, 0.25) is 18.1 Å². The average Bonchev–Trinajstić information content (AvgIpc) is 2.81. The maximum Gasteiger partial charge on any atom is 0.407 e. The van der Waals surface area contributed by atoms with Crippen molar-refractivity contribution in [1.29, 1.82) is 0 Å². The van der Waals surface area contributed by atoms with E-state index in [1.54, 1.807) is 0 Å². The molecule has 1 aromatic carbocycles.